The van der Waals surface area contributed by atoms with Gasteiger partial charge in [-0.25, -0.2) is 4.79 Å². The van der Waals surface area contributed by atoms with Crippen molar-refractivity contribution in [3.8, 4) is 0 Å². The summed E-state index contributed by atoms with van der Waals surface area (Å²) < 4.78 is 4.89. The van der Waals surface area contributed by atoms with Gasteiger partial charge in [-0.15, -0.1) is 0 Å². The Morgan fingerprint density at radius 1 is 1.33 bits per heavy atom. The molecule has 0 saturated heterocycles. The number of nitrogens with two attached hydrogens (primary N) is 2. The fourth-order valence-corrected chi connectivity index (χ4v) is 1.42. The monoisotopic (exact) mass is 251 g/mol. The zero-order valence-electron chi connectivity index (χ0n) is 10.5. The number of carbonyl (C=O) groups excluding carboxylic acids is 2. The Kier molecular flexibility index (Phi) is 4.53. The van der Waals surface area contributed by atoms with E-state index in [0.717, 1.165) is 5.69 Å². The number of esters is 1. The molecule has 0 atom stereocenters. The van der Waals surface area contributed by atoms with Crippen molar-refractivity contribution in [1.29, 1.82) is 0 Å². The number of primary amides is 1. The molecule has 1 rings (SSSR count). The summed E-state index contributed by atoms with van der Waals surface area (Å²) in [5.74, 6) is -1.03. The third kappa shape index (κ3) is 3.65. The third-order valence-corrected chi connectivity index (χ3v) is 2.33. The van der Waals surface area contributed by atoms with Crippen LogP contribution in [0.3, 0.4) is 0 Å². The number of nitrogen functional groups attached to an aromatic ring is 1. The lowest BCUT2D eigenvalue weighted by Gasteiger charge is -2.15. The number of anilines is 2. The average Bonchev–Trinajstić information content (AvgIpc) is 2.27. The van der Waals surface area contributed by atoms with Crippen molar-refractivity contribution >= 4 is 23.3 Å². The Morgan fingerprint density at radius 3 is 2.50 bits per heavy atom. The minimum atomic E-state index is -0.520. The van der Waals surface area contributed by atoms with E-state index in [1.54, 1.807) is 18.2 Å². The molecule has 1 aromatic rings. The summed E-state index contributed by atoms with van der Waals surface area (Å²) in [6.45, 7) is -0.0243. The standard InChI is InChI=1S/C12H17N3O3/c1-15(2)10-4-3-8(7-9(10)13)12(17)18-6-5-11(14)16/h3-4,7H,5-6,13H2,1-2H3,(H2,14,16). The second kappa shape index (κ2) is 5.90. The van der Waals surface area contributed by atoms with Crippen LogP contribution in [0.25, 0.3) is 0 Å². The maximum Gasteiger partial charge on any atom is 0.338 e. The van der Waals surface area contributed by atoms with Gasteiger partial charge in [-0.3, -0.25) is 4.79 Å². The quantitative estimate of drug-likeness (QED) is 0.581. The molecule has 0 bridgehead atoms. The zero-order chi connectivity index (χ0) is 13.7. The minimum absolute atomic E-state index is 0.0109. The van der Waals surface area contributed by atoms with E-state index in [9.17, 15) is 9.59 Å². The third-order valence-electron chi connectivity index (χ3n) is 2.33. The van der Waals surface area contributed by atoms with E-state index in [1.165, 1.54) is 0 Å². The molecule has 0 aliphatic carbocycles. The van der Waals surface area contributed by atoms with Crippen molar-refractivity contribution in [2.75, 3.05) is 31.3 Å². The van der Waals surface area contributed by atoms with Crippen molar-refractivity contribution in [2.45, 2.75) is 6.42 Å². The summed E-state index contributed by atoms with van der Waals surface area (Å²) in [5, 5.41) is 0. The molecule has 0 heterocycles. The van der Waals surface area contributed by atoms with Crippen LogP contribution in [-0.2, 0) is 9.53 Å². The lowest BCUT2D eigenvalue weighted by molar-refractivity contribution is -0.118. The van der Waals surface area contributed by atoms with E-state index in [2.05, 4.69) is 0 Å². The van der Waals surface area contributed by atoms with Crippen molar-refractivity contribution in [2.24, 2.45) is 5.73 Å². The normalized spacial score (nSPS) is 9.89. The minimum Gasteiger partial charge on any atom is -0.462 e. The topological polar surface area (TPSA) is 98.6 Å². The van der Waals surface area contributed by atoms with E-state index in [4.69, 9.17) is 16.2 Å². The summed E-state index contributed by atoms with van der Waals surface area (Å²) in [7, 11) is 3.72. The van der Waals surface area contributed by atoms with E-state index < -0.39 is 11.9 Å². The Morgan fingerprint density at radius 2 is 2.00 bits per heavy atom. The highest BCUT2D eigenvalue weighted by atomic mass is 16.5. The fourth-order valence-electron chi connectivity index (χ4n) is 1.42. The summed E-state index contributed by atoms with van der Waals surface area (Å²) in [4.78, 5) is 24.0. The smallest absolute Gasteiger partial charge is 0.338 e. The number of hydrogen-bond donors (Lipinski definition) is 2. The average molecular weight is 251 g/mol. The lowest BCUT2D eigenvalue weighted by Crippen LogP contribution is -2.16. The second-order valence-corrected chi connectivity index (χ2v) is 4.02. The van der Waals surface area contributed by atoms with Gasteiger partial charge in [0.25, 0.3) is 0 Å². The van der Waals surface area contributed by atoms with Crippen molar-refractivity contribution in [3.05, 3.63) is 23.8 Å². The molecular weight excluding hydrogens is 234 g/mol. The maximum absolute atomic E-state index is 11.6. The number of nitrogens with zero attached hydrogens (tertiary/aromatic N) is 1. The number of carbonyl (C=O) groups is 2. The fraction of sp³-hybridized carbons (Fsp3) is 0.333. The van der Waals surface area contributed by atoms with Gasteiger partial charge in [-0.05, 0) is 18.2 Å². The summed E-state index contributed by atoms with van der Waals surface area (Å²) in [6, 6.07) is 4.90. The molecular formula is C12H17N3O3. The van der Waals surface area contributed by atoms with Crippen LogP contribution in [0, 0.1) is 0 Å². The molecule has 0 aliphatic heterocycles. The molecule has 0 radical (unpaired) electrons. The van der Waals surface area contributed by atoms with E-state index >= 15 is 0 Å². The van der Waals surface area contributed by atoms with Gasteiger partial charge in [0.15, 0.2) is 0 Å². The largest absolute Gasteiger partial charge is 0.462 e. The van der Waals surface area contributed by atoms with Gasteiger partial charge >= 0.3 is 5.97 Å². The lowest BCUT2D eigenvalue weighted by atomic mass is 10.1. The molecule has 0 spiro atoms. The van der Waals surface area contributed by atoms with Crippen LogP contribution in [0.1, 0.15) is 16.8 Å². The van der Waals surface area contributed by atoms with Crippen LogP contribution in [0.15, 0.2) is 18.2 Å². The van der Waals surface area contributed by atoms with Gasteiger partial charge in [0.2, 0.25) is 5.91 Å². The highest BCUT2D eigenvalue weighted by Gasteiger charge is 2.10. The van der Waals surface area contributed by atoms with Gasteiger partial charge in [-0.1, -0.05) is 0 Å². The van der Waals surface area contributed by atoms with Gasteiger partial charge < -0.3 is 21.1 Å². The number of ether oxygens (including phenoxy) is 1. The number of rotatable bonds is 5. The van der Waals surface area contributed by atoms with Gasteiger partial charge in [-0.2, -0.15) is 0 Å². The molecule has 4 N–H and O–H groups in total. The Balaban J connectivity index is 2.69. The van der Waals surface area contributed by atoms with Crippen LogP contribution in [-0.4, -0.2) is 32.6 Å². The van der Waals surface area contributed by atoms with Crippen LogP contribution in [0.4, 0.5) is 11.4 Å². The van der Waals surface area contributed by atoms with Crippen LogP contribution in [0.2, 0.25) is 0 Å². The molecule has 0 aliphatic rings. The maximum atomic E-state index is 11.6. The van der Waals surface area contributed by atoms with Crippen molar-refractivity contribution in [1.82, 2.24) is 0 Å². The first-order valence-electron chi connectivity index (χ1n) is 5.44. The number of amides is 1. The van der Waals surface area contributed by atoms with Gasteiger partial charge in [0, 0.05) is 14.1 Å². The van der Waals surface area contributed by atoms with Gasteiger partial charge in [0.1, 0.15) is 6.61 Å². The number of hydrogen-bond acceptors (Lipinski definition) is 5. The number of benzene rings is 1. The molecule has 6 nitrogen and oxygen atoms in total. The van der Waals surface area contributed by atoms with E-state index in [0.29, 0.717) is 11.3 Å². The molecule has 6 heteroatoms. The molecule has 0 aromatic heterocycles. The molecule has 98 valence electrons. The predicted molar refractivity (Wildman–Crippen MR) is 69.3 cm³/mol. The van der Waals surface area contributed by atoms with Crippen molar-refractivity contribution in [3.63, 3.8) is 0 Å². The van der Waals surface area contributed by atoms with Crippen LogP contribution in [0.5, 0.6) is 0 Å². The van der Waals surface area contributed by atoms with Crippen LogP contribution >= 0.6 is 0 Å². The summed E-state index contributed by atoms with van der Waals surface area (Å²) >= 11 is 0. The Bertz CT molecular complexity index is 458. The highest BCUT2D eigenvalue weighted by Crippen LogP contribution is 2.22. The van der Waals surface area contributed by atoms with Gasteiger partial charge in [0.05, 0.1) is 23.4 Å². The SMILES string of the molecule is CN(C)c1ccc(C(=O)OCCC(N)=O)cc1N. The summed E-state index contributed by atoms with van der Waals surface area (Å²) in [6.07, 6.45) is 0.0109. The summed E-state index contributed by atoms with van der Waals surface area (Å²) in [5.41, 5.74) is 12.4. The molecule has 0 saturated carbocycles. The zero-order valence-corrected chi connectivity index (χ0v) is 10.5. The second-order valence-electron chi connectivity index (χ2n) is 4.02. The first-order chi connectivity index (χ1) is 8.41. The van der Waals surface area contributed by atoms with Crippen molar-refractivity contribution < 1.29 is 14.3 Å². The predicted octanol–water partition coefficient (Wildman–Crippen LogP) is 0.367. The molecule has 0 fully saturated rings. The Labute approximate surface area is 105 Å². The van der Waals surface area contributed by atoms with E-state index in [1.807, 2.05) is 19.0 Å². The highest BCUT2D eigenvalue weighted by molar-refractivity contribution is 5.92. The first kappa shape index (κ1) is 13.8. The molecule has 1 amide bonds. The first-order valence-corrected chi connectivity index (χ1v) is 5.44. The molecule has 1 aromatic carbocycles. The van der Waals surface area contributed by atoms with Crippen LogP contribution < -0.4 is 16.4 Å². The Hall–Kier alpha value is -2.24. The molecule has 18 heavy (non-hydrogen) atoms. The molecule has 0 unspecified atom stereocenters. The van der Waals surface area contributed by atoms with E-state index in [-0.39, 0.29) is 13.0 Å².